The Balaban J connectivity index is 1.48. The number of benzene rings is 1. The van der Waals surface area contributed by atoms with Crippen LogP contribution < -0.4 is 4.90 Å². The van der Waals surface area contributed by atoms with Gasteiger partial charge in [0.25, 0.3) is 0 Å². The summed E-state index contributed by atoms with van der Waals surface area (Å²) in [5.74, 6) is -0.277. The van der Waals surface area contributed by atoms with Crippen molar-refractivity contribution in [3.8, 4) is 33.8 Å². The molecular formula is C26H20FN7. The van der Waals surface area contributed by atoms with Crippen molar-refractivity contribution in [1.29, 1.82) is 0 Å². The smallest absolute Gasteiger partial charge is 0.138 e. The van der Waals surface area contributed by atoms with Gasteiger partial charge in [0.2, 0.25) is 0 Å². The molecular weight excluding hydrogens is 429 g/mol. The predicted molar refractivity (Wildman–Crippen MR) is 132 cm³/mol. The summed E-state index contributed by atoms with van der Waals surface area (Å²) in [5, 5.41) is 8.48. The molecule has 0 saturated heterocycles. The van der Waals surface area contributed by atoms with Crippen molar-refractivity contribution >= 4 is 27.8 Å². The second-order valence-electron chi connectivity index (χ2n) is 8.31. The number of nitrogens with zero attached hydrogens (tertiary/aromatic N) is 5. The Bertz CT molecular complexity index is 1670. The molecule has 0 amide bonds. The number of pyridine rings is 3. The van der Waals surface area contributed by atoms with Gasteiger partial charge in [-0.25, -0.2) is 14.4 Å². The van der Waals surface area contributed by atoms with Gasteiger partial charge in [-0.1, -0.05) is 12.1 Å². The minimum atomic E-state index is -0.277. The maximum Gasteiger partial charge on any atom is 0.138 e. The number of hydrogen-bond acceptors (Lipinski definition) is 5. The number of H-pyrrole nitrogens is 2. The molecule has 5 aromatic heterocycles. The third kappa shape index (κ3) is 3.36. The highest BCUT2D eigenvalue weighted by molar-refractivity contribution is 5.99. The second-order valence-corrected chi connectivity index (χ2v) is 8.31. The Kier molecular flexibility index (Phi) is 4.58. The summed E-state index contributed by atoms with van der Waals surface area (Å²) in [4.78, 5) is 19.1. The number of fused-ring (bicyclic) bond motifs is 2. The van der Waals surface area contributed by atoms with Crippen molar-refractivity contribution in [3.05, 3.63) is 79.0 Å². The third-order valence-electron chi connectivity index (χ3n) is 5.87. The van der Waals surface area contributed by atoms with Gasteiger partial charge in [-0.2, -0.15) is 5.10 Å². The van der Waals surface area contributed by atoms with Crippen molar-refractivity contribution in [2.75, 3.05) is 19.0 Å². The highest BCUT2D eigenvalue weighted by Crippen LogP contribution is 2.33. The van der Waals surface area contributed by atoms with Crippen molar-refractivity contribution in [1.82, 2.24) is 30.1 Å². The van der Waals surface area contributed by atoms with Crippen molar-refractivity contribution < 1.29 is 4.39 Å². The summed E-state index contributed by atoms with van der Waals surface area (Å²) >= 11 is 0. The average molecular weight is 449 g/mol. The number of nitrogens with one attached hydrogen (secondary N) is 2. The van der Waals surface area contributed by atoms with Crippen LogP contribution in [-0.2, 0) is 0 Å². The molecule has 1 aromatic carbocycles. The lowest BCUT2D eigenvalue weighted by Crippen LogP contribution is -2.08. The topological polar surface area (TPSA) is 86.4 Å². The summed E-state index contributed by atoms with van der Waals surface area (Å²) in [6.07, 6.45) is 5.34. The molecule has 34 heavy (non-hydrogen) atoms. The van der Waals surface area contributed by atoms with E-state index in [4.69, 9.17) is 4.98 Å². The van der Waals surface area contributed by atoms with E-state index in [1.54, 1.807) is 18.5 Å². The van der Waals surface area contributed by atoms with Crippen LogP contribution in [0.3, 0.4) is 0 Å². The molecule has 0 saturated carbocycles. The number of hydrogen-bond donors (Lipinski definition) is 2. The molecule has 166 valence electrons. The van der Waals surface area contributed by atoms with E-state index in [1.165, 1.54) is 12.1 Å². The largest absolute Gasteiger partial charge is 0.376 e. The minimum Gasteiger partial charge on any atom is -0.376 e. The van der Waals surface area contributed by atoms with Gasteiger partial charge >= 0.3 is 0 Å². The van der Waals surface area contributed by atoms with Gasteiger partial charge in [0.15, 0.2) is 0 Å². The van der Waals surface area contributed by atoms with Gasteiger partial charge < -0.3 is 9.88 Å². The zero-order valence-electron chi connectivity index (χ0n) is 18.5. The standard InChI is InChI=1S/C26H20FN7/c1-34(2)18-11-16(13-28-14-18)21-6-7-22-24(30-21)25(33-32-22)23-12-20-19(8-9-29-26(20)31-23)15-4-3-5-17(27)10-15/h3-14H,1-2H3,(H,29,31)(H,32,33). The normalized spacial score (nSPS) is 11.4. The van der Waals surface area contributed by atoms with E-state index in [9.17, 15) is 4.39 Å². The minimum absolute atomic E-state index is 0.277. The highest BCUT2D eigenvalue weighted by Gasteiger charge is 2.16. The van der Waals surface area contributed by atoms with Crippen LogP contribution in [0.15, 0.2) is 73.2 Å². The van der Waals surface area contributed by atoms with Crippen LogP contribution in [0.25, 0.3) is 55.8 Å². The van der Waals surface area contributed by atoms with Crippen LogP contribution in [0.2, 0.25) is 0 Å². The lowest BCUT2D eigenvalue weighted by atomic mass is 10.0. The molecule has 0 atom stereocenters. The van der Waals surface area contributed by atoms with Crippen molar-refractivity contribution in [2.24, 2.45) is 0 Å². The van der Waals surface area contributed by atoms with Crippen molar-refractivity contribution in [3.63, 3.8) is 0 Å². The van der Waals surface area contributed by atoms with E-state index in [0.29, 0.717) is 11.3 Å². The van der Waals surface area contributed by atoms with Crippen LogP contribution in [0, 0.1) is 5.82 Å². The first kappa shape index (κ1) is 20.0. The van der Waals surface area contributed by atoms with E-state index in [-0.39, 0.29) is 5.82 Å². The fraction of sp³-hybridized carbons (Fsp3) is 0.0769. The number of aromatic amines is 2. The average Bonchev–Trinajstić information content (AvgIpc) is 3.47. The molecule has 0 radical (unpaired) electrons. The quantitative estimate of drug-likeness (QED) is 0.375. The molecule has 0 aliphatic heterocycles. The number of aromatic nitrogens is 6. The van der Waals surface area contributed by atoms with Gasteiger partial charge in [-0.05, 0) is 53.6 Å². The van der Waals surface area contributed by atoms with Crippen LogP contribution in [-0.4, -0.2) is 44.2 Å². The zero-order valence-corrected chi connectivity index (χ0v) is 18.5. The van der Waals surface area contributed by atoms with Gasteiger partial charge in [-0.15, -0.1) is 0 Å². The van der Waals surface area contributed by atoms with Crippen LogP contribution in [0.1, 0.15) is 0 Å². The van der Waals surface area contributed by atoms with Crippen LogP contribution in [0.4, 0.5) is 10.1 Å². The summed E-state index contributed by atoms with van der Waals surface area (Å²) in [5.41, 5.74) is 8.15. The Morgan fingerprint density at radius 2 is 1.85 bits per heavy atom. The molecule has 8 heteroatoms. The highest BCUT2D eigenvalue weighted by atomic mass is 19.1. The van der Waals surface area contributed by atoms with E-state index in [2.05, 4.69) is 31.2 Å². The summed E-state index contributed by atoms with van der Waals surface area (Å²) < 4.78 is 13.8. The zero-order chi connectivity index (χ0) is 23.2. The Morgan fingerprint density at radius 1 is 0.941 bits per heavy atom. The van der Waals surface area contributed by atoms with E-state index in [1.807, 2.05) is 55.5 Å². The second kappa shape index (κ2) is 7.77. The molecule has 0 fully saturated rings. The van der Waals surface area contributed by atoms with Crippen LogP contribution in [0.5, 0.6) is 0 Å². The molecule has 0 unspecified atom stereocenters. The predicted octanol–water partition coefficient (Wildman–Crippen LogP) is 5.44. The molecule has 6 aromatic rings. The summed E-state index contributed by atoms with van der Waals surface area (Å²) in [6, 6.07) is 16.4. The number of anilines is 1. The number of rotatable bonds is 4. The summed E-state index contributed by atoms with van der Waals surface area (Å²) in [6.45, 7) is 0. The first-order chi connectivity index (χ1) is 16.6. The maximum absolute atomic E-state index is 13.8. The molecule has 7 nitrogen and oxygen atoms in total. The lowest BCUT2D eigenvalue weighted by Gasteiger charge is -2.12. The van der Waals surface area contributed by atoms with Gasteiger partial charge in [0.1, 0.15) is 22.7 Å². The fourth-order valence-electron chi connectivity index (χ4n) is 4.12. The molecule has 0 aliphatic rings. The molecule has 6 rings (SSSR count). The Labute approximate surface area is 194 Å². The molecule has 5 heterocycles. The maximum atomic E-state index is 13.8. The van der Waals surface area contributed by atoms with E-state index in [0.717, 1.165) is 50.2 Å². The van der Waals surface area contributed by atoms with E-state index >= 15 is 0 Å². The lowest BCUT2D eigenvalue weighted by molar-refractivity contribution is 0.628. The SMILES string of the molecule is CN(C)c1cncc(-c2ccc3[nH]nc(-c4cc5c(-c6cccc(F)c6)ccnc5[nH]4)c3n2)c1. The van der Waals surface area contributed by atoms with Crippen LogP contribution >= 0.6 is 0 Å². The Hall–Kier alpha value is -4.59. The number of halogens is 1. The van der Waals surface area contributed by atoms with E-state index < -0.39 is 0 Å². The van der Waals surface area contributed by atoms with Crippen molar-refractivity contribution in [2.45, 2.75) is 0 Å². The van der Waals surface area contributed by atoms with Gasteiger partial charge in [0, 0.05) is 37.4 Å². The first-order valence-electron chi connectivity index (χ1n) is 10.8. The monoisotopic (exact) mass is 449 g/mol. The third-order valence-corrected chi connectivity index (χ3v) is 5.87. The molecule has 0 aliphatic carbocycles. The molecule has 2 N–H and O–H groups in total. The first-order valence-corrected chi connectivity index (χ1v) is 10.8. The Morgan fingerprint density at radius 3 is 2.71 bits per heavy atom. The van der Waals surface area contributed by atoms with Gasteiger partial charge in [0.05, 0.1) is 28.8 Å². The molecule has 0 spiro atoms. The van der Waals surface area contributed by atoms with Gasteiger partial charge in [-0.3, -0.25) is 10.1 Å². The molecule has 0 bridgehead atoms. The fourth-order valence-corrected chi connectivity index (χ4v) is 4.12. The summed E-state index contributed by atoms with van der Waals surface area (Å²) in [7, 11) is 3.96.